The molecule has 0 aromatic heterocycles. The van der Waals surface area contributed by atoms with Crippen LogP contribution in [0.1, 0.15) is 43.4 Å². The van der Waals surface area contributed by atoms with E-state index in [2.05, 4.69) is 13.0 Å². The topological polar surface area (TPSA) is 44.0 Å². The lowest BCUT2D eigenvalue weighted by Gasteiger charge is -2.27. The zero-order valence-electron chi connectivity index (χ0n) is 10.5. The fraction of sp³-hybridized carbons (Fsp3) is 0.533. The van der Waals surface area contributed by atoms with Gasteiger partial charge in [-0.1, -0.05) is 36.8 Å². The molecular formula is C15H19NO. The van der Waals surface area contributed by atoms with Crippen LogP contribution in [0, 0.1) is 29.6 Å². The Labute approximate surface area is 103 Å². The third-order valence-electron chi connectivity index (χ3n) is 3.90. The molecule has 1 aromatic rings. The number of benzene rings is 1. The minimum atomic E-state index is -0.655. The van der Waals surface area contributed by atoms with Crippen LogP contribution in [-0.2, 0) is 0 Å². The first kappa shape index (κ1) is 12.1. The predicted molar refractivity (Wildman–Crippen MR) is 67.2 cm³/mol. The molecule has 1 aromatic carbocycles. The Balaban J connectivity index is 2.30. The Kier molecular flexibility index (Phi) is 3.22. The first-order valence-electron chi connectivity index (χ1n) is 6.23. The maximum atomic E-state index is 10.5. The summed E-state index contributed by atoms with van der Waals surface area (Å²) in [5, 5.41) is 19.9. The summed E-state index contributed by atoms with van der Waals surface area (Å²) in [6.07, 6.45) is 1.99. The first-order chi connectivity index (χ1) is 8.07. The number of aliphatic hydroxyl groups is 1. The molecule has 1 saturated carbocycles. The maximum Gasteiger partial charge on any atom is 0.0976 e. The lowest BCUT2D eigenvalue weighted by molar-refractivity contribution is 0.0647. The Morgan fingerprint density at radius 3 is 2.82 bits per heavy atom. The van der Waals surface area contributed by atoms with E-state index in [0.717, 1.165) is 30.4 Å². The molecule has 0 aliphatic heterocycles. The molecule has 0 amide bonds. The van der Waals surface area contributed by atoms with Crippen LogP contribution in [0.2, 0.25) is 0 Å². The van der Waals surface area contributed by atoms with Gasteiger partial charge in [0.15, 0.2) is 0 Å². The lowest BCUT2D eigenvalue weighted by Crippen LogP contribution is -2.24. The van der Waals surface area contributed by atoms with Crippen LogP contribution in [-0.4, -0.2) is 5.11 Å². The molecule has 0 bridgehead atoms. The van der Waals surface area contributed by atoms with Crippen molar-refractivity contribution >= 4 is 0 Å². The molecule has 2 nitrogen and oxygen atoms in total. The molecule has 1 aliphatic rings. The van der Waals surface area contributed by atoms with Crippen LogP contribution >= 0.6 is 0 Å². The average molecular weight is 229 g/mol. The molecule has 3 unspecified atom stereocenters. The van der Waals surface area contributed by atoms with Gasteiger partial charge >= 0.3 is 0 Å². The third-order valence-corrected chi connectivity index (χ3v) is 3.90. The van der Waals surface area contributed by atoms with Gasteiger partial charge in [0.05, 0.1) is 17.6 Å². The number of aliphatic hydroxyl groups excluding tert-OH is 1. The smallest absolute Gasteiger partial charge is 0.0976 e. The summed E-state index contributed by atoms with van der Waals surface area (Å²) in [6.45, 7) is 4.16. The number of nitriles is 1. The summed E-state index contributed by atoms with van der Waals surface area (Å²) >= 11 is 0. The van der Waals surface area contributed by atoms with E-state index in [1.165, 1.54) is 0 Å². The molecule has 0 radical (unpaired) electrons. The second-order valence-electron chi connectivity index (χ2n) is 5.43. The van der Waals surface area contributed by atoms with Gasteiger partial charge < -0.3 is 5.11 Å². The SMILES string of the molecule is Cc1cccc(C(O)C2(C#N)CCC(C)C2)c1. The average Bonchev–Trinajstić information content (AvgIpc) is 2.71. The highest BCUT2D eigenvalue weighted by molar-refractivity contribution is 5.28. The molecule has 0 spiro atoms. The zero-order valence-corrected chi connectivity index (χ0v) is 10.5. The summed E-state index contributed by atoms with van der Waals surface area (Å²) in [7, 11) is 0. The molecule has 2 rings (SSSR count). The van der Waals surface area contributed by atoms with Crippen LogP contribution in [0.4, 0.5) is 0 Å². The van der Waals surface area contributed by atoms with E-state index >= 15 is 0 Å². The largest absolute Gasteiger partial charge is 0.387 e. The van der Waals surface area contributed by atoms with Gasteiger partial charge in [0.25, 0.3) is 0 Å². The Hall–Kier alpha value is -1.33. The van der Waals surface area contributed by atoms with Crippen molar-refractivity contribution in [2.24, 2.45) is 11.3 Å². The van der Waals surface area contributed by atoms with Crippen molar-refractivity contribution in [3.8, 4) is 6.07 Å². The van der Waals surface area contributed by atoms with Crippen LogP contribution in [0.25, 0.3) is 0 Å². The van der Waals surface area contributed by atoms with Crippen molar-refractivity contribution in [3.05, 3.63) is 35.4 Å². The van der Waals surface area contributed by atoms with Crippen molar-refractivity contribution in [3.63, 3.8) is 0 Å². The molecule has 3 atom stereocenters. The van der Waals surface area contributed by atoms with Crippen molar-refractivity contribution in [2.45, 2.75) is 39.2 Å². The highest BCUT2D eigenvalue weighted by atomic mass is 16.3. The Bertz CT molecular complexity index is 448. The van der Waals surface area contributed by atoms with Gasteiger partial charge in [-0.2, -0.15) is 5.26 Å². The van der Waals surface area contributed by atoms with Crippen molar-refractivity contribution in [2.75, 3.05) is 0 Å². The summed E-state index contributed by atoms with van der Waals surface area (Å²) in [6, 6.07) is 10.2. The van der Waals surface area contributed by atoms with E-state index in [1.54, 1.807) is 0 Å². The monoisotopic (exact) mass is 229 g/mol. The summed E-state index contributed by atoms with van der Waals surface area (Å²) in [5.74, 6) is 0.536. The highest BCUT2D eigenvalue weighted by Crippen LogP contribution is 2.49. The third kappa shape index (κ3) is 2.21. The summed E-state index contributed by atoms with van der Waals surface area (Å²) in [4.78, 5) is 0. The van der Waals surface area contributed by atoms with Crippen molar-refractivity contribution < 1.29 is 5.11 Å². The van der Waals surface area contributed by atoms with Crippen LogP contribution in [0.3, 0.4) is 0 Å². The van der Waals surface area contributed by atoms with Crippen molar-refractivity contribution in [1.29, 1.82) is 5.26 Å². The normalized spacial score (nSPS) is 29.9. The molecular weight excluding hydrogens is 210 g/mol. The molecule has 1 aliphatic carbocycles. The van der Waals surface area contributed by atoms with E-state index in [0.29, 0.717) is 5.92 Å². The first-order valence-corrected chi connectivity index (χ1v) is 6.23. The van der Waals surface area contributed by atoms with Crippen LogP contribution < -0.4 is 0 Å². The Morgan fingerprint density at radius 1 is 1.53 bits per heavy atom. The van der Waals surface area contributed by atoms with E-state index in [1.807, 2.05) is 31.2 Å². The molecule has 1 N–H and O–H groups in total. The van der Waals surface area contributed by atoms with Gasteiger partial charge in [-0.3, -0.25) is 0 Å². The molecule has 0 heterocycles. The zero-order chi connectivity index (χ0) is 12.5. The quantitative estimate of drug-likeness (QED) is 0.845. The summed E-state index contributed by atoms with van der Waals surface area (Å²) < 4.78 is 0. The number of rotatable bonds is 2. The molecule has 0 saturated heterocycles. The van der Waals surface area contributed by atoms with Gasteiger partial charge in [0.1, 0.15) is 0 Å². The standard InChI is InChI=1S/C15H19NO/c1-11-4-3-5-13(8-11)14(17)15(10-16)7-6-12(2)9-15/h3-5,8,12,14,17H,6-7,9H2,1-2H3. The molecule has 1 fully saturated rings. The molecule has 2 heteroatoms. The Morgan fingerprint density at radius 2 is 2.29 bits per heavy atom. The van der Waals surface area contributed by atoms with Gasteiger partial charge in [0, 0.05) is 0 Å². The molecule has 17 heavy (non-hydrogen) atoms. The fourth-order valence-electron chi connectivity index (χ4n) is 2.90. The highest BCUT2D eigenvalue weighted by Gasteiger charge is 2.44. The van der Waals surface area contributed by atoms with E-state index in [4.69, 9.17) is 0 Å². The second-order valence-corrected chi connectivity index (χ2v) is 5.43. The van der Waals surface area contributed by atoms with Crippen LogP contribution in [0.5, 0.6) is 0 Å². The molecule has 90 valence electrons. The van der Waals surface area contributed by atoms with E-state index in [9.17, 15) is 10.4 Å². The number of hydrogen-bond acceptors (Lipinski definition) is 2. The van der Waals surface area contributed by atoms with Gasteiger partial charge in [-0.15, -0.1) is 0 Å². The lowest BCUT2D eigenvalue weighted by atomic mass is 9.78. The van der Waals surface area contributed by atoms with Crippen LogP contribution in [0.15, 0.2) is 24.3 Å². The van der Waals surface area contributed by atoms with Crippen molar-refractivity contribution in [1.82, 2.24) is 0 Å². The van der Waals surface area contributed by atoms with Gasteiger partial charge in [-0.05, 0) is 37.7 Å². The minimum absolute atomic E-state index is 0.536. The predicted octanol–water partition coefficient (Wildman–Crippen LogP) is 3.36. The van der Waals surface area contributed by atoms with E-state index < -0.39 is 11.5 Å². The van der Waals surface area contributed by atoms with Gasteiger partial charge in [-0.25, -0.2) is 0 Å². The maximum absolute atomic E-state index is 10.5. The summed E-state index contributed by atoms with van der Waals surface area (Å²) in [5.41, 5.74) is 1.43. The number of nitrogens with zero attached hydrogens (tertiary/aromatic N) is 1. The number of aryl methyl sites for hydroxylation is 1. The minimum Gasteiger partial charge on any atom is -0.387 e. The van der Waals surface area contributed by atoms with E-state index in [-0.39, 0.29) is 0 Å². The number of hydrogen-bond donors (Lipinski definition) is 1. The van der Waals surface area contributed by atoms with Gasteiger partial charge in [0.2, 0.25) is 0 Å². The fourth-order valence-corrected chi connectivity index (χ4v) is 2.90. The second kappa shape index (κ2) is 4.50.